The summed E-state index contributed by atoms with van der Waals surface area (Å²) < 4.78 is 16.5. The first-order valence-electron chi connectivity index (χ1n) is 10.7. The molecule has 184 valence electrons. The Bertz CT molecular complexity index is 1640. The van der Waals surface area contributed by atoms with Crippen molar-refractivity contribution in [1.82, 2.24) is 0 Å². The van der Waals surface area contributed by atoms with E-state index in [0.29, 0.717) is 27.0 Å². The van der Waals surface area contributed by atoms with Crippen molar-refractivity contribution in [3.05, 3.63) is 104 Å². The number of hydrogen-bond acceptors (Lipinski definition) is 9. The van der Waals surface area contributed by atoms with E-state index >= 15 is 0 Å². The average Bonchev–Trinajstić information content (AvgIpc) is 3.44. The molecular formula is C26H15ClN2O7S. The number of halogens is 1. The van der Waals surface area contributed by atoms with Crippen molar-refractivity contribution >= 4 is 62.6 Å². The van der Waals surface area contributed by atoms with E-state index in [1.807, 2.05) is 0 Å². The van der Waals surface area contributed by atoms with Crippen molar-refractivity contribution in [2.75, 3.05) is 7.11 Å². The summed E-state index contributed by atoms with van der Waals surface area (Å²) in [7, 11) is 1.55. The highest BCUT2D eigenvalue weighted by atomic mass is 35.5. The summed E-state index contributed by atoms with van der Waals surface area (Å²) in [6.07, 6.45) is 1.46. The minimum atomic E-state index is -0.740. The maximum Gasteiger partial charge on any atom is 0.363 e. The molecule has 11 heteroatoms. The van der Waals surface area contributed by atoms with Crippen LogP contribution in [0, 0.1) is 10.1 Å². The Kier molecular flexibility index (Phi) is 6.43. The van der Waals surface area contributed by atoms with Crippen LogP contribution in [0.1, 0.15) is 20.8 Å². The van der Waals surface area contributed by atoms with Crippen LogP contribution in [0.15, 0.2) is 77.4 Å². The van der Waals surface area contributed by atoms with E-state index in [0.717, 1.165) is 11.3 Å². The van der Waals surface area contributed by atoms with Crippen LogP contribution in [0.5, 0.6) is 11.5 Å². The SMILES string of the molecule is COc1ccc(C2=N/C(=C/c3ccccc3OC(=O)c3sc4cc([N+](=O)[O-])ccc4c3Cl)C(=O)O2)cc1. The summed E-state index contributed by atoms with van der Waals surface area (Å²) in [5.41, 5.74) is 0.925. The molecule has 9 nitrogen and oxygen atoms in total. The van der Waals surface area contributed by atoms with Crippen LogP contribution in [-0.2, 0) is 9.53 Å². The largest absolute Gasteiger partial charge is 0.497 e. The van der Waals surface area contributed by atoms with E-state index in [2.05, 4.69) is 4.99 Å². The minimum Gasteiger partial charge on any atom is -0.497 e. The van der Waals surface area contributed by atoms with Crippen molar-refractivity contribution in [2.24, 2.45) is 4.99 Å². The molecule has 0 saturated carbocycles. The Labute approximate surface area is 218 Å². The number of thiophene rings is 1. The number of ether oxygens (including phenoxy) is 3. The minimum absolute atomic E-state index is 0.0292. The molecule has 0 aliphatic carbocycles. The van der Waals surface area contributed by atoms with Gasteiger partial charge in [-0.15, -0.1) is 11.3 Å². The quantitative estimate of drug-likeness (QED) is 0.0973. The fraction of sp³-hybridized carbons (Fsp3) is 0.0385. The molecule has 1 aliphatic heterocycles. The van der Waals surface area contributed by atoms with Gasteiger partial charge in [-0.1, -0.05) is 29.8 Å². The molecule has 3 aromatic carbocycles. The molecular weight excluding hydrogens is 520 g/mol. The topological polar surface area (TPSA) is 117 Å². The molecule has 0 saturated heterocycles. The number of fused-ring (bicyclic) bond motifs is 1. The van der Waals surface area contributed by atoms with Crippen molar-refractivity contribution in [3.8, 4) is 11.5 Å². The zero-order valence-corrected chi connectivity index (χ0v) is 20.5. The predicted molar refractivity (Wildman–Crippen MR) is 138 cm³/mol. The number of nitro groups is 1. The highest BCUT2D eigenvalue weighted by Crippen LogP contribution is 2.38. The van der Waals surface area contributed by atoms with Gasteiger partial charge in [-0.25, -0.2) is 14.6 Å². The van der Waals surface area contributed by atoms with E-state index in [9.17, 15) is 19.7 Å². The fourth-order valence-electron chi connectivity index (χ4n) is 3.55. The number of non-ortho nitro benzene ring substituents is 1. The number of methoxy groups -OCH3 is 1. The van der Waals surface area contributed by atoms with Gasteiger partial charge in [-0.3, -0.25) is 10.1 Å². The normalized spacial score (nSPS) is 13.9. The molecule has 0 spiro atoms. The van der Waals surface area contributed by atoms with Gasteiger partial charge in [0.25, 0.3) is 5.69 Å². The van der Waals surface area contributed by atoms with Crippen LogP contribution in [0.3, 0.4) is 0 Å². The maximum atomic E-state index is 13.0. The highest BCUT2D eigenvalue weighted by molar-refractivity contribution is 7.21. The van der Waals surface area contributed by atoms with Crippen LogP contribution >= 0.6 is 22.9 Å². The molecule has 37 heavy (non-hydrogen) atoms. The highest BCUT2D eigenvalue weighted by Gasteiger charge is 2.26. The zero-order chi connectivity index (χ0) is 26.1. The number of carbonyl (C=O) groups excluding carboxylic acids is 2. The van der Waals surface area contributed by atoms with Gasteiger partial charge in [-0.05, 0) is 42.5 Å². The smallest absolute Gasteiger partial charge is 0.363 e. The molecule has 0 atom stereocenters. The van der Waals surface area contributed by atoms with Crippen LogP contribution in [0.25, 0.3) is 16.2 Å². The lowest BCUT2D eigenvalue weighted by Gasteiger charge is -2.07. The summed E-state index contributed by atoms with van der Waals surface area (Å²) in [5.74, 6) is -0.436. The second-order valence-corrected chi connectivity index (χ2v) is 9.10. The summed E-state index contributed by atoms with van der Waals surface area (Å²) in [6.45, 7) is 0. The first-order chi connectivity index (χ1) is 17.8. The second kappa shape index (κ2) is 9.84. The van der Waals surface area contributed by atoms with Gasteiger partial charge in [-0.2, -0.15) is 0 Å². The van der Waals surface area contributed by atoms with Gasteiger partial charge in [0.2, 0.25) is 5.90 Å². The second-order valence-electron chi connectivity index (χ2n) is 7.67. The first kappa shape index (κ1) is 24.2. The molecule has 0 fully saturated rings. The number of para-hydroxylation sites is 1. The molecule has 0 bridgehead atoms. The molecule has 0 amide bonds. The Morgan fingerprint density at radius 3 is 2.62 bits per heavy atom. The van der Waals surface area contributed by atoms with Crippen LogP contribution < -0.4 is 9.47 Å². The Morgan fingerprint density at radius 1 is 1.14 bits per heavy atom. The summed E-state index contributed by atoms with van der Waals surface area (Å²) in [6, 6.07) is 17.6. The number of nitro benzene ring substituents is 1. The predicted octanol–water partition coefficient (Wildman–Crippen LogP) is 6.04. The van der Waals surface area contributed by atoms with Gasteiger partial charge in [0, 0.05) is 33.3 Å². The van der Waals surface area contributed by atoms with E-state index in [1.54, 1.807) is 55.6 Å². The van der Waals surface area contributed by atoms with Crippen LogP contribution in [0.4, 0.5) is 5.69 Å². The standard InChI is InChI=1S/C26H15ClN2O7S/c1-34-17-9-6-14(7-10-17)24-28-19(25(30)36-24)12-15-4-2-3-5-20(15)35-26(31)23-22(27)18-11-8-16(29(32)33)13-21(18)37-23/h2-13H,1H3/b19-12+. The first-order valence-corrected chi connectivity index (χ1v) is 11.9. The van der Waals surface area contributed by atoms with Crippen LogP contribution in [0.2, 0.25) is 5.02 Å². The number of esters is 2. The molecule has 2 heterocycles. The van der Waals surface area contributed by atoms with E-state index in [1.165, 1.54) is 24.3 Å². The number of cyclic esters (lactones) is 1. The molecule has 0 unspecified atom stereocenters. The lowest BCUT2D eigenvalue weighted by Crippen LogP contribution is -2.08. The van der Waals surface area contributed by atoms with Crippen molar-refractivity contribution in [2.45, 2.75) is 0 Å². The lowest BCUT2D eigenvalue weighted by molar-refractivity contribution is -0.384. The molecule has 0 radical (unpaired) electrons. The van der Waals surface area contributed by atoms with Gasteiger partial charge in [0.15, 0.2) is 5.70 Å². The monoisotopic (exact) mass is 534 g/mol. The average molecular weight is 535 g/mol. The zero-order valence-electron chi connectivity index (χ0n) is 19.0. The summed E-state index contributed by atoms with van der Waals surface area (Å²) >= 11 is 7.37. The molecule has 1 aromatic heterocycles. The number of aliphatic imine (C=N–C) groups is 1. The third kappa shape index (κ3) is 4.80. The van der Waals surface area contributed by atoms with Crippen LogP contribution in [-0.4, -0.2) is 29.9 Å². The fourth-order valence-corrected chi connectivity index (χ4v) is 4.97. The van der Waals surface area contributed by atoms with E-state index in [4.69, 9.17) is 25.8 Å². The van der Waals surface area contributed by atoms with E-state index in [-0.39, 0.29) is 32.9 Å². The molecule has 4 aromatic rings. The molecule has 0 N–H and O–H groups in total. The number of carbonyl (C=O) groups is 2. The Hall–Kier alpha value is -4.54. The van der Waals surface area contributed by atoms with E-state index < -0.39 is 16.9 Å². The molecule has 5 rings (SSSR count). The van der Waals surface area contributed by atoms with Crippen molar-refractivity contribution < 1.29 is 28.7 Å². The summed E-state index contributed by atoms with van der Waals surface area (Å²) in [4.78, 5) is 40.4. The third-order valence-corrected chi connectivity index (χ3v) is 7.02. The lowest BCUT2D eigenvalue weighted by atomic mass is 10.1. The van der Waals surface area contributed by atoms with Crippen molar-refractivity contribution in [3.63, 3.8) is 0 Å². The number of hydrogen-bond donors (Lipinski definition) is 0. The maximum absolute atomic E-state index is 13.0. The Morgan fingerprint density at radius 2 is 1.89 bits per heavy atom. The van der Waals surface area contributed by atoms with Gasteiger partial charge in [0.05, 0.1) is 17.1 Å². The molecule has 1 aliphatic rings. The number of nitrogens with zero attached hydrogens (tertiary/aromatic N) is 2. The number of benzene rings is 3. The Balaban J connectivity index is 1.43. The number of rotatable bonds is 6. The summed E-state index contributed by atoms with van der Waals surface area (Å²) in [5, 5.41) is 11.7. The van der Waals surface area contributed by atoms with Gasteiger partial charge < -0.3 is 14.2 Å². The van der Waals surface area contributed by atoms with Crippen molar-refractivity contribution in [1.29, 1.82) is 0 Å². The third-order valence-electron chi connectivity index (χ3n) is 5.38. The van der Waals surface area contributed by atoms with Gasteiger partial charge >= 0.3 is 11.9 Å². The van der Waals surface area contributed by atoms with Gasteiger partial charge in [0.1, 0.15) is 16.4 Å².